The van der Waals surface area contributed by atoms with Crippen LogP contribution in [-0.4, -0.2) is 4.98 Å². The minimum atomic E-state index is 0.523. The summed E-state index contributed by atoms with van der Waals surface area (Å²) >= 11 is 1.75. The molecule has 0 amide bonds. The zero-order valence-electron chi connectivity index (χ0n) is 9.32. The molecule has 0 spiro atoms. The SMILES string of the molecule is Cc1ccc(C(C)C)c(-c2cccs2)n1. The zero-order valence-corrected chi connectivity index (χ0v) is 10.1. The van der Waals surface area contributed by atoms with E-state index in [4.69, 9.17) is 0 Å². The van der Waals surface area contributed by atoms with E-state index in [9.17, 15) is 0 Å². The van der Waals surface area contributed by atoms with Crippen molar-refractivity contribution in [3.63, 3.8) is 0 Å². The van der Waals surface area contributed by atoms with E-state index in [0.29, 0.717) is 5.92 Å². The largest absolute Gasteiger partial charge is 0.252 e. The number of aryl methyl sites for hydroxylation is 1. The molecule has 0 saturated carbocycles. The molecular formula is C13H15NS. The van der Waals surface area contributed by atoms with Crippen LogP contribution in [0.15, 0.2) is 29.6 Å². The summed E-state index contributed by atoms with van der Waals surface area (Å²) in [6.07, 6.45) is 0. The molecule has 0 atom stereocenters. The quantitative estimate of drug-likeness (QED) is 0.733. The lowest BCUT2D eigenvalue weighted by Crippen LogP contribution is -1.95. The first-order valence-electron chi connectivity index (χ1n) is 5.20. The van der Waals surface area contributed by atoms with Crippen LogP contribution < -0.4 is 0 Å². The topological polar surface area (TPSA) is 12.9 Å². The zero-order chi connectivity index (χ0) is 10.8. The van der Waals surface area contributed by atoms with Crippen molar-refractivity contribution in [2.75, 3.05) is 0 Å². The second-order valence-electron chi connectivity index (χ2n) is 4.02. The van der Waals surface area contributed by atoms with Gasteiger partial charge in [0.15, 0.2) is 0 Å². The molecule has 2 heterocycles. The van der Waals surface area contributed by atoms with Gasteiger partial charge in [0.2, 0.25) is 0 Å². The molecule has 0 aliphatic rings. The summed E-state index contributed by atoms with van der Waals surface area (Å²) in [7, 11) is 0. The van der Waals surface area contributed by atoms with Crippen LogP contribution in [0.1, 0.15) is 31.0 Å². The number of pyridine rings is 1. The number of rotatable bonds is 2. The molecule has 78 valence electrons. The van der Waals surface area contributed by atoms with E-state index in [0.717, 1.165) is 11.4 Å². The smallest absolute Gasteiger partial charge is 0.0839 e. The van der Waals surface area contributed by atoms with Gasteiger partial charge in [-0.15, -0.1) is 11.3 Å². The maximum atomic E-state index is 4.65. The van der Waals surface area contributed by atoms with Crippen LogP contribution in [0.5, 0.6) is 0 Å². The normalized spacial score (nSPS) is 10.9. The number of hydrogen-bond acceptors (Lipinski definition) is 2. The van der Waals surface area contributed by atoms with E-state index in [1.54, 1.807) is 11.3 Å². The fraction of sp³-hybridized carbons (Fsp3) is 0.308. The molecule has 0 aliphatic heterocycles. The summed E-state index contributed by atoms with van der Waals surface area (Å²) in [5.74, 6) is 0.523. The lowest BCUT2D eigenvalue weighted by atomic mass is 10.0. The molecule has 0 aromatic carbocycles. The lowest BCUT2D eigenvalue weighted by molar-refractivity contribution is 0.860. The maximum Gasteiger partial charge on any atom is 0.0839 e. The fourth-order valence-corrected chi connectivity index (χ4v) is 2.38. The van der Waals surface area contributed by atoms with E-state index in [2.05, 4.69) is 48.5 Å². The summed E-state index contributed by atoms with van der Waals surface area (Å²) in [6, 6.07) is 8.50. The second kappa shape index (κ2) is 4.15. The van der Waals surface area contributed by atoms with Gasteiger partial charge in [-0.05, 0) is 35.9 Å². The first kappa shape index (κ1) is 10.4. The Balaban J connectivity index is 2.58. The molecule has 0 N–H and O–H groups in total. The van der Waals surface area contributed by atoms with Crippen molar-refractivity contribution >= 4 is 11.3 Å². The van der Waals surface area contributed by atoms with Gasteiger partial charge in [0.1, 0.15) is 0 Å². The predicted octanol–water partition coefficient (Wildman–Crippen LogP) is 4.24. The van der Waals surface area contributed by atoms with Crippen LogP contribution in [-0.2, 0) is 0 Å². The van der Waals surface area contributed by atoms with E-state index in [-0.39, 0.29) is 0 Å². The average molecular weight is 217 g/mol. The van der Waals surface area contributed by atoms with Crippen molar-refractivity contribution in [3.8, 4) is 10.6 Å². The maximum absolute atomic E-state index is 4.65. The monoisotopic (exact) mass is 217 g/mol. The number of hydrogen-bond donors (Lipinski definition) is 0. The van der Waals surface area contributed by atoms with Crippen molar-refractivity contribution in [3.05, 3.63) is 40.9 Å². The Labute approximate surface area is 94.8 Å². The highest BCUT2D eigenvalue weighted by atomic mass is 32.1. The Morgan fingerprint density at radius 1 is 1.20 bits per heavy atom. The van der Waals surface area contributed by atoms with Gasteiger partial charge < -0.3 is 0 Å². The van der Waals surface area contributed by atoms with Crippen molar-refractivity contribution in [1.29, 1.82) is 0 Å². The third-order valence-electron chi connectivity index (χ3n) is 2.44. The van der Waals surface area contributed by atoms with Gasteiger partial charge >= 0.3 is 0 Å². The van der Waals surface area contributed by atoms with Crippen LogP contribution in [0.25, 0.3) is 10.6 Å². The van der Waals surface area contributed by atoms with Gasteiger partial charge in [-0.3, -0.25) is 4.98 Å². The summed E-state index contributed by atoms with van der Waals surface area (Å²) < 4.78 is 0. The molecule has 0 bridgehead atoms. The summed E-state index contributed by atoms with van der Waals surface area (Å²) in [6.45, 7) is 6.47. The number of aromatic nitrogens is 1. The van der Waals surface area contributed by atoms with Crippen molar-refractivity contribution in [2.24, 2.45) is 0 Å². The summed E-state index contributed by atoms with van der Waals surface area (Å²) in [5.41, 5.74) is 3.57. The molecular weight excluding hydrogens is 202 g/mol. The second-order valence-corrected chi connectivity index (χ2v) is 4.97. The summed E-state index contributed by atoms with van der Waals surface area (Å²) in [4.78, 5) is 5.91. The molecule has 0 aliphatic carbocycles. The van der Waals surface area contributed by atoms with Gasteiger partial charge in [0.25, 0.3) is 0 Å². The lowest BCUT2D eigenvalue weighted by Gasteiger charge is -2.11. The highest BCUT2D eigenvalue weighted by Crippen LogP contribution is 2.30. The van der Waals surface area contributed by atoms with Crippen molar-refractivity contribution < 1.29 is 0 Å². The molecule has 2 rings (SSSR count). The van der Waals surface area contributed by atoms with E-state index in [1.165, 1.54) is 10.4 Å². The van der Waals surface area contributed by atoms with Gasteiger partial charge in [0.05, 0.1) is 10.6 Å². The molecule has 2 heteroatoms. The highest BCUT2D eigenvalue weighted by molar-refractivity contribution is 7.13. The Morgan fingerprint density at radius 3 is 2.60 bits per heavy atom. The van der Waals surface area contributed by atoms with Crippen LogP contribution >= 0.6 is 11.3 Å². The molecule has 1 nitrogen and oxygen atoms in total. The Kier molecular flexibility index (Phi) is 2.87. The van der Waals surface area contributed by atoms with Gasteiger partial charge in [-0.1, -0.05) is 26.0 Å². The Hall–Kier alpha value is -1.15. The van der Waals surface area contributed by atoms with Crippen LogP contribution in [0.4, 0.5) is 0 Å². The van der Waals surface area contributed by atoms with Crippen LogP contribution in [0, 0.1) is 6.92 Å². The third-order valence-corrected chi connectivity index (χ3v) is 3.32. The first-order chi connectivity index (χ1) is 7.18. The third kappa shape index (κ3) is 2.10. The Bertz CT molecular complexity index is 444. The minimum Gasteiger partial charge on any atom is -0.252 e. The minimum absolute atomic E-state index is 0.523. The molecule has 15 heavy (non-hydrogen) atoms. The van der Waals surface area contributed by atoms with Gasteiger partial charge in [0, 0.05) is 5.69 Å². The van der Waals surface area contributed by atoms with E-state index in [1.807, 2.05) is 6.92 Å². The van der Waals surface area contributed by atoms with Crippen LogP contribution in [0.3, 0.4) is 0 Å². The van der Waals surface area contributed by atoms with Gasteiger partial charge in [-0.25, -0.2) is 0 Å². The van der Waals surface area contributed by atoms with Crippen LogP contribution in [0.2, 0.25) is 0 Å². The fourth-order valence-electron chi connectivity index (χ4n) is 1.64. The number of nitrogens with zero attached hydrogens (tertiary/aromatic N) is 1. The van der Waals surface area contributed by atoms with Crippen molar-refractivity contribution in [2.45, 2.75) is 26.7 Å². The summed E-state index contributed by atoms with van der Waals surface area (Å²) in [5, 5.41) is 2.10. The number of thiophene rings is 1. The molecule has 0 radical (unpaired) electrons. The standard InChI is InChI=1S/C13H15NS/c1-9(2)11-7-6-10(3)14-13(11)12-5-4-8-15-12/h4-9H,1-3H3. The molecule has 0 saturated heterocycles. The molecule has 2 aromatic heterocycles. The van der Waals surface area contributed by atoms with Crippen molar-refractivity contribution in [1.82, 2.24) is 4.98 Å². The molecule has 0 unspecified atom stereocenters. The van der Waals surface area contributed by atoms with Gasteiger partial charge in [-0.2, -0.15) is 0 Å². The highest BCUT2D eigenvalue weighted by Gasteiger charge is 2.10. The van der Waals surface area contributed by atoms with E-state index < -0.39 is 0 Å². The molecule has 2 aromatic rings. The first-order valence-corrected chi connectivity index (χ1v) is 6.08. The molecule has 0 fully saturated rings. The predicted molar refractivity (Wildman–Crippen MR) is 66.4 cm³/mol. The Morgan fingerprint density at radius 2 is 2.00 bits per heavy atom. The van der Waals surface area contributed by atoms with E-state index >= 15 is 0 Å². The average Bonchev–Trinajstić information content (AvgIpc) is 2.69.